The van der Waals surface area contributed by atoms with Crippen molar-refractivity contribution in [2.45, 2.75) is 39.5 Å². The summed E-state index contributed by atoms with van der Waals surface area (Å²) in [5.74, 6) is 0.0711. The van der Waals surface area contributed by atoms with Gasteiger partial charge in [0.15, 0.2) is 0 Å². The summed E-state index contributed by atoms with van der Waals surface area (Å²) in [6, 6.07) is 11.4. The predicted molar refractivity (Wildman–Crippen MR) is 129 cm³/mol. The molecule has 0 aromatic heterocycles. The van der Waals surface area contributed by atoms with Gasteiger partial charge in [-0.05, 0) is 61.1 Å². The van der Waals surface area contributed by atoms with Crippen LogP contribution in [-0.2, 0) is 9.59 Å². The molecule has 0 amide bonds. The minimum atomic E-state index is -0.400. The first-order chi connectivity index (χ1) is 16.0. The quantitative estimate of drug-likeness (QED) is 0.355. The summed E-state index contributed by atoms with van der Waals surface area (Å²) in [5, 5.41) is 4.79. The SMILES string of the molecule is CC(=O)Oc1ccc2cc1-c1cc(ccc1OC(C)=O)/C=C/CCCN1CN1CCC/C=C\2. The Labute approximate surface area is 195 Å². The zero-order valence-electron chi connectivity index (χ0n) is 19.3. The van der Waals surface area contributed by atoms with Gasteiger partial charge < -0.3 is 9.47 Å². The van der Waals surface area contributed by atoms with Gasteiger partial charge in [-0.15, -0.1) is 0 Å². The zero-order valence-corrected chi connectivity index (χ0v) is 19.3. The third-order valence-corrected chi connectivity index (χ3v) is 5.64. The molecule has 2 aromatic carbocycles. The molecule has 2 heterocycles. The van der Waals surface area contributed by atoms with Crippen LogP contribution in [0.15, 0.2) is 48.6 Å². The number of hydrogen-bond acceptors (Lipinski definition) is 6. The van der Waals surface area contributed by atoms with E-state index in [1.165, 1.54) is 13.8 Å². The van der Waals surface area contributed by atoms with E-state index in [2.05, 4.69) is 34.3 Å². The Kier molecular flexibility index (Phi) is 7.37. The average Bonchev–Trinajstić information content (AvgIpc) is 3.52. The number of allylic oxidation sites excluding steroid dienone is 2. The van der Waals surface area contributed by atoms with E-state index in [0.29, 0.717) is 22.6 Å². The van der Waals surface area contributed by atoms with Crippen molar-refractivity contribution in [1.29, 1.82) is 0 Å². The lowest BCUT2D eigenvalue weighted by Gasteiger charge is -2.15. The summed E-state index contributed by atoms with van der Waals surface area (Å²) < 4.78 is 11.0. The van der Waals surface area contributed by atoms with Crippen LogP contribution < -0.4 is 9.47 Å². The molecule has 6 nitrogen and oxygen atoms in total. The Bertz CT molecular complexity index is 1000. The van der Waals surface area contributed by atoms with Gasteiger partial charge in [-0.3, -0.25) is 9.59 Å². The van der Waals surface area contributed by atoms with Gasteiger partial charge in [0.05, 0.1) is 6.67 Å². The number of carbonyl (C=O) groups excluding carboxylic acids is 2. The van der Waals surface area contributed by atoms with Crippen LogP contribution in [0, 0.1) is 0 Å². The topological polar surface area (TPSA) is 58.6 Å². The molecule has 2 atom stereocenters. The van der Waals surface area contributed by atoms with E-state index in [-0.39, 0.29) is 0 Å². The van der Waals surface area contributed by atoms with Gasteiger partial charge in [-0.2, -0.15) is 0 Å². The fourth-order valence-electron chi connectivity index (χ4n) is 4.02. The maximum Gasteiger partial charge on any atom is 0.308 e. The third kappa shape index (κ3) is 6.40. The lowest BCUT2D eigenvalue weighted by molar-refractivity contribution is -0.132. The molecular formula is C27H30N2O4. The van der Waals surface area contributed by atoms with E-state index in [1.807, 2.05) is 24.3 Å². The van der Waals surface area contributed by atoms with Crippen LogP contribution >= 0.6 is 0 Å². The molecule has 0 aliphatic carbocycles. The first-order valence-corrected chi connectivity index (χ1v) is 11.5. The van der Waals surface area contributed by atoms with Gasteiger partial charge in [-0.1, -0.05) is 36.4 Å². The van der Waals surface area contributed by atoms with Crippen molar-refractivity contribution < 1.29 is 19.1 Å². The molecular weight excluding hydrogens is 416 g/mol. The van der Waals surface area contributed by atoms with Crippen molar-refractivity contribution in [3.63, 3.8) is 0 Å². The fraction of sp³-hybridized carbons (Fsp3) is 0.333. The molecule has 0 N–H and O–H groups in total. The molecule has 2 aliphatic rings. The lowest BCUT2D eigenvalue weighted by Crippen LogP contribution is -2.09. The number of benzene rings is 2. The number of nitrogens with zero attached hydrogens (tertiary/aromatic N) is 2. The molecule has 0 spiro atoms. The van der Waals surface area contributed by atoms with Crippen LogP contribution in [0.5, 0.6) is 11.5 Å². The van der Waals surface area contributed by atoms with Crippen molar-refractivity contribution in [2.75, 3.05) is 19.8 Å². The van der Waals surface area contributed by atoms with Crippen LogP contribution in [0.25, 0.3) is 23.3 Å². The lowest BCUT2D eigenvalue weighted by atomic mass is 9.98. The number of hydrazine groups is 1. The summed E-state index contributed by atoms with van der Waals surface area (Å²) in [6.07, 6.45) is 12.7. The summed E-state index contributed by atoms with van der Waals surface area (Å²) >= 11 is 0. The van der Waals surface area contributed by atoms with Crippen molar-refractivity contribution >= 4 is 24.1 Å². The average molecular weight is 447 g/mol. The second-order valence-corrected chi connectivity index (χ2v) is 8.39. The van der Waals surface area contributed by atoms with E-state index in [4.69, 9.17) is 9.47 Å². The molecule has 33 heavy (non-hydrogen) atoms. The van der Waals surface area contributed by atoms with Crippen molar-refractivity contribution in [3.05, 3.63) is 59.7 Å². The van der Waals surface area contributed by atoms with Crippen LogP contribution in [0.2, 0.25) is 0 Å². The van der Waals surface area contributed by atoms with E-state index >= 15 is 0 Å². The number of carbonyl (C=O) groups is 2. The van der Waals surface area contributed by atoms with E-state index in [1.54, 1.807) is 12.1 Å². The second kappa shape index (κ2) is 10.6. The molecule has 2 aliphatic heterocycles. The number of fused-ring (bicyclic) bond motifs is 6. The fourth-order valence-corrected chi connectivity index (χ4v) is 4.02. The first kappa shape index (κ1) is 23.0. The highest BCUT2D eigenvalue weighted by molar-refractivity contribution is 5.84. The highest BCUT2D eigenvalue weighted by atomic mass is 16.5. The summed E-state index contributed by atoms with van der Waals surface area (Å²) in [6.45, 7) is 5.98. The predicted octanol–water partition coefficient (Wildman–Crippen LogP) is 5.29. The van der Waals surface area contributed by atoms with Crippen molar-refractivity contribution in [2.24, 2.45) is 0 Å². The smallest absolute Gasteiger partial charge is 0.308 e. The molecule has 0 saturated carbocycles. The summed E-state index contributed by atoms with van der Waals surface area (Å²) in [4.78, 5) is 23.5. The number of hydrogen-bond donors (Lipinski definition) is 0. The molecule has 1 fully saturated rings. The minimum absolute atomic E-state index is 0.400. The van der Waals surface area contributed by atoms with E-state index in [0.717, 1.165) is 56.6 Å². The Hall–Kier alpha value is -3.22. The van der Waals surface area contributed by atoms with Gasteiger partial charge in [0.1, 0.15) is 11.5 Å². The van der Waals surface area contributed by atoms with Gasteiger partial charge in [0.25, 0.3) is 0 Å². The standard InChI is InChI=1S/C27H30N2O4/c1-20(30)32-26-13-11-22-9-5-3-7-15-28-19-29(28)16-8-4-6-10-23-12-14-27(33-21(2)31)25(18-23)24(26)17-22/h5-6,9-14,17-18H,3-4,7-8,15-16,19H2,1-2H3/b9-5-,10-6+. The Morgan fingerprint density at radius 1 is 0.727 bits per heavy atom. The maximum absolute atomic E-state index is 11.8. The van der Waals surface area contributed by atoms with E-state index < -0.39 is 11.9 Å². The van der Waals surface area contributed by atoms with Gasteiger partial charge >= 0.3 is 11.9 Å². The number of esters is 2. The highest BCUT2D eigenvalue weighted by Gasteiger charge is 2.28. The summed E-state index contributed by atoms with van der Waals surface area (Å²) in [7, 11) is 0. The first-order valence-electron chi connectivity index (χ1n) is 11.5. The highest BCUT2D eigenvalue weighted by Crippen LogP contribution is 2.39. The van der Waals surface area contributed by atoms with Crippen molar-refractivity contribution in [1.82, 2.24) is 10.0 Å². The third-order valence-electron chi connectivity index (χ3n) is 5.64. The van der Waals surface area contributed by atoms with Crippen LogP contribution in [0.1, 0.15) is 50.7 Å². The molecule has 0 radical (unpaired) electrons. The van der Waals surface area contributed by atoms with Crippen LogP contribution in [0.4, 0.5) is 0 Å². The van der Waals surface area contributed by atoms with E-state index in [9.17, 15) is 9.59 Å². The van der Waals surface area contributed by atoms with Gasteiger partial charge in [0, 0.05) is 38.1 Å². The second-order valence-electron chi connectivity index (χ2n) is 8.39. The molecule has 2 unspecified atom stereocenters. The summed E-state index contributed by atoms with van der Waals surface area (Å²) in [5.41, 5.74) is 3.40. The molecule has 4 rings (SSSR count). The Morgan fingerprint density at radius 2 is 1.18 bits per heavy atom. The molecule has 2 aromatic rings. The normalized spacial score (nSPS) is 22.1. The number of ether oxygens (including phenoxy) is 2. The minimum Gasteiger partial charge on any atom is -0.426 e. The van der Waals surface area contributed by atoms with Crippen LogP contribution in [-0.4, -0.2) is 41.7 Å². The van der Waals surface area contributed by atoms with Crippen molar-refractivity contribution in [3.8, 4) is 22.6 Å². The number of rotatable bonds is 2. The molecule has 172 valence electrons. The van der Waals surface area contributed by atoms with Gasteiger partial charge in [-0.25, -0.2) is 10.0 Å². The molecule has 4 bridgehead atoms. The molecule has 1 saturated heterocycles. The Balaban J connectivity index is 1.75. The maximum atomic E-state index is 11.8. The largest absolute Gasteiger partial charge is 0.426 e. The zero-order chi connectivity index (χ0) is 23.2. The van der Waals surface area contributed by atoms with Crippen LogP contribution in [0.3, 0.4) is 0 Å². The monoisotopic (exact) mass is 446 g/mol. The van der Waals surface area contributed by atoms with Gasteiger partial charge in [0.2, 0.25) is 0 Å². The Morgan fingerprint density at radius 3 is 1.61 bits per heavy atom. The molecule has 6 heteroatoms.